The zero-order valence-corrected chi connectivity index (χ0v) is 11.4. The number of amides is 1. The lowest BCUT2D eigenvalue weighted by Crippen LogP contribution is -2.10. The third-order valence-corrected chi connectivity index (χ3v) is 3.44. The summed E-state index contributed by atoms with van der Waals surface area (Å²) < 4.78 is 13.7. The van der Waals surface area contributed by atoms with E-state index < -0.39 is 0 Å². The minimum Gasteiger partial charge on any atom is -0.374 e. The Labute approximate surface area is 114 Å². The lowest BCUT2D eigenvalue weighted by Gasteiger charge is -2.14. The average Bonchev–Trinajstić information content (AvgIpc) is 2.86. The highest BCUT2D eigenvalue weighted by Gasteiger charge is 2.11. The summed E-state index contributed by atoms with van der Waals surface area (Å²) in [6, 6.07) is 4.32. The molecule has 19 heavy (non-hydrogen) atoms. The molecule has 1 aromatic carbocycles. The number of aromatic nitrogens is 1. The van der Waals surface area contributed by atoms with Crippen molar-refractivity contribution in [2.75, 3.05) is 10.6 Å². The quantitative estimate of drug-likeness (QED) is 0.901. The van der Waals surface area contributed by atoms with Crippen LogP contribution in [0.25, 0.3) is 0 Å². The molecule has 0 aliphatic heterocycles. The second-order valence-electron chi connectivity index (χ2n) is 4.11. The van der Waals surface area contributed by atoms with Crippen LogP contribution in [-0.4, -0.2) is 10.9 Å². The monoisotopic (exact) mass is 279 g/mol. The van der Waals surface area contributed by atoms with E-state index in [2.05, 4.69) is 15.6 Å². The van der Waals surface area contributed by atoms with Crippen molar-refractivity contribution in [2.24, 2.45) is 0 Å². The zero-order chi connectivity index (χ0) is 13.8. The van der Waals surface area contributed by atoms with E-state index >= 15 is 0 Å². The predicted octanol–water partition coefficient (Wildman–Crippen LogP) is 3.41. The Balaban J connectivity index is 2.17. The summed E-state index contributed by atoms with van der Waals surface area (Å²) in [6.07, 6.45) is 1.71. The minimum absolute atomic E-state index is 0.0953. The standard InChI is InChI=1S/C13H14FN3OS/c1-8(13-15-5-6-19-13)16-12-7-10(17-9(2)18)3-4-11(12)14/h3-8,16H,1-2H3,(H,17,18). The van der Waals surface area contributed by atoms with Gasteiger partial charge in [0.2, 0.25) is 5.91 Å². The minimum atomic E-state index is -0.363. The number of rotatable bonds is 4. The second-order valence-corrected chi connectivity index (χ2v) is 5.04. The highest BCUT2D eigenvalue weighted by Crippen LogP contribution is 2.25. The Morgan fingerprint density at radius 3 is 2.89 bits per heavy atom. The number of nitrogens with one attached hydrogen (secondary N) is 2. The second kappa shape index (κ2) is 5.79. The molecule has 1 unspecified atom stereocenters. The lowest BCUT2D eigenvalue weighted by atomic mass is 10.2. The molecule has 1 atom stereocenters. The van der Waals surface area contributed by atoms with Crippen molar-refractivity contribution in [1.29, 1.82) is 0 Å². The molecule has 2 rings (SSSR count). The van der Waals surface area contributed by atoms with E-state index in [1.54, 1.807) is 12.3 Å². The molecule has 2 aromatic rings. The van der Waals surface area contributed by atoms with E-state index in [-0.39, 0.29) is 17.8 Å². The third-order valence-electron chi connectivity index (χ3n) is 2.48. The maximum atomic E-state index is 13.7. The number of hydrogen-bond acceptors (Lipinski definition) is 4. The Bertz CT molecular complexity index is 571. The Hall–Kier alpha value is -1.95. The maximum absolute atomic E-state index is 13.7. The number of benzene rings is 1. The smallest absolute Gasteiger partial charge is 0.221 e. The summed E-state index contributed by atoms with van der Waals surface area (Å²) in [4.78, 5) is 15.2. The molecule has 0 radical (unpaired) electrons. The van der Waals surface area contributed by atoms with Crippen molar-refractivity contribution in [3.05, 3.63) is 40.6 Å². The van der Waals surface area contributed by atoms with E-state index in [0.29, 0.717) is 11.4 Å². The number of thiazole rings is 1. The van der Waals surface area contributed by atoms with Gasteiger partial charge in [0.25, 0.3) is 0 Å². The van der Waals surface area contributed by atoms with Crippen LogP contribution in [0.1, 0.15) is 24.9 Å². The van der Waals surface area contributed by atoms with E-state index in [9.17, 15) is 9.18 Å². The van der Waals surface area contributed by atoms with Crippen LogP contribution in [0.4, 0.5) is 15.8 Å². The van der Waals surface area contributed by atoms with Crippen LogP contribution < -0.4 is 10.6 Å². The van der Waals surface area contributed by atoms with Crippen molar-refractivity contribution in [1.82, 2.24) is 4.98 Å². The molecule has 4 nitrogen and oxygen atoms in total. The van der Waals surface area contributed by atoms with Crippen molar-refractivity contribution >= 4 is 28.6 Å². The largest absolute Gasteiger partial charge is 0.374 e. The predicted molar refractivity (Wildman–Crippen MR) is 74.9 cm³/mol. The summed E-state index contributed by atoms with van der Waals surface area (Å²) in [6.45, 7) is 3.32. The van der Waals surface area contributed by atoms with Crippen molar-refractivity contribution < 1.29 is 9.18 Å². The molecular weight excluding hydrogens is 265 g/mol. The van der Waals surface area contributed by atoms with Gasteiger partial charge in [0.15, 0.2) is 0 Å². The van der Waals surface area contributed by atoms with Crippen LogP contribution in [0.15, 0.2) is 29.8 Å². The molecular formula is C13H14FN3OS. The zero-order valence-electron chi connectivity index (χ0n) is 10.6. The van der Waals surface area contributed by atoms with Crippen LogP contribution in [0.2, 0.25) is 0 Å². The Morgan fingerprint density at radius 1 is 1.47 bits per heavy atom. The van der Waals surface area contributed by atoms with Gasteiger partial charge in [-0.25, -0.2) is 9.37 Å². The Morgan fingerprint density at radius 2 is 2.26 bits per heavy atom. The molecule has 0 saturated heterocycles. The molecule has 1 aromatic heterocycles. The van der Waals surface area contributed by atoms with E-state index in [1.807, 2.05) is 12.3 Å². The molecule has 6 heteroatoms. The normalized spacial score (nSPS) is 11.9. The molecule has 0 spiro atoms. The van der Waals surface area contributed by atoms with Gasteiger partial charge in [-0.1, -0.05) is 0 Å². The molecule has 0 saturated carbocycles. The van der Waals surface area contributed by atoms with Gasteiger partial charge in [0.1, 0.15) is 10.8 Å². The fourth-order valence-corrected chi connectivity index (χ4v) is 2.31. The fourth-order valence-electron chi connectivity index (χ4n) is 1.66. The highest BCUT2D eigenvalue weighted by molar-refractivity contribution is 7.09. The van der Waals surface area contributed by atoms with Crippen molar-refractivity contribution in [3.8, 4) is 0 Å². The van der Waals surface area contributed by atoms with E-state index in [4.69, 9.17) is 0 Å². The van der Waals surface area contributed by atoms with Gasteiger partial charge in [0, 0.05) is 24.2 Å². The molecule has 0 fully saturated rings. The van der Waals surface area contributed by atoms with Gasteiger partial charge in [-0.05, 0) is 25.1 Å². The van der Waals surface area contributed by atoms with Gasteiger partial charge >= 0.3 is 0 Å². The first-order valence-electron chi connectivity index (χ1n) is 5.79. The number of anilines is 2. The van der Waals surface area contributed by atoms with Crippen LogP contribution in [-0.2, 0) is 4.79 Å². The molecule has 0 aliphatic carbocycles. The van der Waals surface area contributed by atoms with Crippen LogP contribution in [0.3, 0.4) is 0 Å². The molecule has 2 N–H and O–H groups in total. The number of carbonyl (C=O) groups is 1. The van der Waals surface area contributed by atoms with Gasteiger partial charge in [-0.2, -0.15) is 0 Å². The SMILES string of the molecule is CC(=O)Nc1ccc(F)c(NC(C)c2nccs2)c1. The lowest BCUT2D eigenvalue weighted by molar-refractivity contribution is -0.114. The van der Waals surface area contributed by atoms with Crippen LogP contribution in [0.5, 0.6) is 0 Å². The average molecular weight is 279 g/mol. The van der Waals surface area contributed by atoms with E-state index in [0.717, 1.165) is 5.01 Å². The molecule has 1 heterocycles. The van der Waals surface area contributed by atoms with Gasteiger partial charge in [-0.3, -0.25) is 4.79 Å². The number of carbonyl (C=O) groups excluding carboxylic acids is 1. The number of halogens is 1. The Kier molecular flexibility index (Phi) is 4.11. The highest BCUT2D eigenvalue weighted by atomic mass is 32.1. The van der Waals surface area contributed by atoms with Gasteiger partial charge in [0.05, 0.1) is 11.7 Å². The van der Waals surface area contributed by atoms with E-state index in [1.165, 1.54) is 30.4 Å². The molecule has 0 bridgehead atoms. The van der Waals surface area contributed by atoms with Crippen LogP contribution >= 0.6 is 11.3 Å². The van der Waals surface area contributed by atoms with Gasteiger partial charge in [-0.15, -0.1) is 11.3 Å². The first kappa shape index (κ1) is 13.5. The molecule has 0 aliphatic rings. The number of nitrogens with zero attached hydrogens (tertiary/aromatic N) is 1. The number of hydrogen-bond donors (Lipinski definition) is 2. The summed E-state index contributed by atoms with van der Waals surface area (Å²) in [5, 5.41) is 8.42. The molecule has 1 amide bonds. The maximum Gasteiger partial charge on any atom is 0.221 e. The molecule has 100 valence electrons. The fraction of sp³-hybridized carbons (Fsp3) is 0.231. The van der Waals surface area contributed by atoms with Crippen LogP contribution in [0, 0.1) is 5.82 Å². The third kappa shape index (κ3) is 3.51. The summed E-state index contributed by atoms with van der Waals surface area (Å²) >= 11 is 1.51. The summed E-state index contributed by atoms with van der Waals surface area (Å²) in [7, 11) is 0. The summed E-state index contributed by atoms with van der Waals surface area (Å²) in [5.74, 6) is -0.553. The first-order chi connectivity index (χ1) is 9.06. The topological polar surface area (TPSA) is 54.0 Å². The summed E-state index contributed by atoms with van der Waals surface area (Å²) in [5.41, 5.74) is 0.900. The van der Waals surface area contributed by atoms with Crippen molar-refractivity contribution in [2.45, 2.75) is 19.9 Å². The van der Waals surface area contributed by atoms with Crippen molar-refractivity contribution in [3.63, 3.8) is 0 Å². The first-order valence-corrected chi connectivity index (χ1v) is 6.67. The van der Waals surface area contributed by atoms with Gasteiger partial charge < -0.3 is 10.6 Å².